The summed E-state index contributed by atoms with van der Waals surface area (Å²) in [5.74, 6) is -0.138. The van der Waals surface area contributed by atoms with Gasteiger partial charge in [-0.2, -0.15) is 0 Å². The molecule has 3 aromatic rings. The summed E-state index contributed by atoms with van der Waals surface area (Å²) in [6, 6.07) is 7.76. The second-order valence-corrected chi connectivity index (χ2v) is 7.26. The fourth-order valence-electron chi connectivity index (χ4n) is 3.40. The number of aromatic amines is 1. The summed E-state index contributed by atoms with van der Waals surface area (Å²) in [6.45, 7) is 2.27. The molecule has 25 heavy (non-hydrogen) atoms. The molecule has 6 nitrogen and oxygen atoms in total. The average Bonchev–Trinajstić information content (AvgIpc) is 2.98. The lowest BCUT2D eigenvalue weighted by atomic mass is 9.93. The number of aryl methyl sites for hydroxylation is 1. The van der Waals surface area contributed by atoms with Gasteiger partial charge in [-0.25, -0.2) is 4.98 Å². The van der Waals surface area contributed by atoms with E-state index >= 15 is 0 Å². The number of hydrogen-bond acceptors (Lipinski definition) is 5. The van der Waals surface area contributed by atoms with Crippen LogP contribution in [0.3, 0.4) is 0 Å². The Labute approximate surface area is 147 Å². The number of fused-ring (bicyclic) bond motifs is 2. The number of H-pyrrole nitrogens is 1. The molecule has 1 aliphatic rings. The highest BCUT2D eigenvalue weighted by Crippen LogP contribution is 2.34. The Kier molecular flexibility index (Phi) is 3.89. The third-order valence-electron chi connectivity index (χ3n) is 4.66. The van der Waals surface area contributed by atoms with Crippen molar-refractivity contribution in [3.05, 3.63) is 57.0 Å². The first-order valence-electron chi connectivity index (χ1n) is 8.07. The number of rotatable bonds is 2. The van der Waals surface area contributed by atoms with Gasteiger partial charge >= 0.3 is 0 Å². The van der Waals surface area contributed by atoms with Crippen molar-refractivity contribution in [2.75, 3.05) is 18.1 Å². The first-order valence-corrected chi connectivity index (χ1v) is 8.89. The van der Waals surface area contributed by atoms with Gasteiger partial charge < -0.3 is 15.0 Å². The molecule has 2 N–H and O–H groups in total. The lowest BCUT2D eigenvalue weighted by molar-refractivity contribution is 0.0978. The standard InChI is InChI=1S/C18H17N3O3S/c1-10-14-16(23)19-9-20-17(14)25-15(10)18(24)21-7-11(8-22)6-12-4-2-3-5-13(12)21/h2-5,9,11,22H,6-8H2,1H3,(H,19,20,23). The minimum atomic E-state index is -0.231. The van der Waals surface area contributed by atoms with Crippen LogP contribution in [0.2, 0.25) is 0 Å². The first-order chi connectivity index (χ1) is 12.1. The number of amides is 1. The van der Waals surface area contributed by atoms with E-state index in [0.717, 1.165) is 17.7 Å². The van der Waals surface area contributed by atoms with Gasteiger partial charge in [0.25, 0.3) is 11.5 Å². The molecule has 1 aromatic carbocycles. The van der Waals surface area contributed by atoms with Gasteiger partial charge in [0, 0.05) is 24.8 Å². The van der Waals surface area contributed by atoms with E-state index in [1.54, 1.807) is 11.8 Å². The zero-order valence-electron chi connectivity index (χ0n) is 13.7. The summed E-state index contributed by atoms with van der Waals surface area (Å²) in [5, 5.41) is 10.1. The molecular formula is C18H17N3O3S. The summed E-state index contributed by atoms with van der Waals surface area (Å²) in [4.78, 5) is 34.8. The Hall–Kier alpha value is -2.51. The smallest absolute Gasteiger partial charge is 0.268 e. The monoisotopic (exact) mass is 355 g/mol. The third-order valence-corrected chi connectivity index (χ3v) is 5.85. The summed E-state index contributed by atoms with van der Waals surface area (Å²) >= 11 is 1.24. The highest BCUT2D eigenvalue weighted by Gasteiger charge is 2.31. The number of hydrogen-bond donors (Lipinski definition) is 2. The molecule has 1 aliphatic heterocycles. The van der Waals surface area contributed by atoms with Crippen LogP contribution in [0.25, 0.3) is 10.2 Å². The Bertz CT molecular complexity index is 1020. The molecule has 1 unspecified atom stereocenters. The van der Waals surface area contributed by atoms with E-state index in [9.17, 15) is 14.7 Å². The molecule has 0 radical (unpaired) electrons. The topological polar surface area (TPSA) is 86.3 Å². The number of carbonyl (C=O) groups is 1. The Balaban J connectivity index is 1.83. The van der Waals surface area contributed by atoms with Crippen LogP contribution in [-0.2, 0) is 6.42 Å². The maximum atomic E-state index is 13.2. The minimum Gasteiger partial charge on any atom is -0.396 e. The lowest BCUT2D eigenvalue weighted by Crippen LogP contribution is -2.41. The van der Waals surface area contributed by atoms with Crippen LogP contribution in [-0.4, -0.2) is 34.1 Å². The highest BCUT2D eigenvalue weighted by molar-refractivity contribution is 7.20. The van der Waals surface area contributed by atoms with E-state index in [1.807, 2.05) is 24.3 Å². The van der Waals surface area contributed by atoms with Crippen LogP contribution in [0.5, 0.6) is 0 Å². The van der Waals surface area contributed by atoms with Gasteiger partial charge in [0.15, 0.2) is 0 Å². The maximum absolute atomic E-state index is 13.2. The predicted molar refractivity (Wildman–Crippen MR) is 97.4 cm³/mol. The van der Waals surface area contributed by atoms with Crippen molar-refractivity contribution < 1.29 is 9.90 Å². The second kappa shape index (κ2) is 6.09. The fourth-order valence-corrected chi connectivity index (χ4v) is 4.50. The largest absolute Gasteiger partial charge is 0.396 e. The second-order valence-electron chi connectivity index (χ2n) is 6.27. The molecule has 2 aromatic heterocycles. The average molecular weight is 355 g/mol. The number of benzene rings is 1. The highest BCUT2D eigenvalue weighted by atomic mass is 32.1. The molecule has 0 bridgehead atoms. The van der Waals surface area contributed by atoms with Gasteiger partial charge in [0.05, 0.1) is 16.6 Å². The normalized spacial score (nSPS) is 16.9. The molecule has 0 aliphatic carbocycles. The van der Waals surface area contributed by atoms with Gasteiger partial charge in [-0.05, 0) is 30.5 Å². The Morgan fingerprint density at radius 2 is 2.24 bits per heavy atom. The lowest BCUT2D eigenvalue weighted by Gasteiger charge is -2.33. The molecule has 0 spiro atoms. The number of nitrogens with one attached hydrogen (secondary N) is 1. The van der Waals surface area contributed by atoms with Crippen LogP contribution < -0.4 is 10.5 Å². The Morgan fingerprint density at radius 3 is 3.00 bits per heavy atom. The number of carbonyl (C=O) groups excluding carboxylic acids is 1. The van der Waals surface area contributed by atoms with E-state index in [2.05, 4.69) is 9.97 Å². The molecule has 0 saturated carbocycles. The molecule has 4 rings (SSSR count). The zero-order chi connectivity index (χ0) is 17.6. The molecule has 128 valence electrons. The van der Waals surface area contributed by atoms with Crippen molar-refractivity contribution in [1.82, 2.24) is 9.97 Å². The molecule has 1 amide bonds. The number of aromatic nitrogens is 2. The van der Waals surface area contributed by atoms with Crippen LogP contribution in [0.1, 0.15) is 20.8 Å². The third kappa shape index (κ3) is 2.56. The van der Waals surface area contributed by atoms with E-state index < -0.39 is 0 Å². The van der Waals surface area contributed by atoms with Gasteiger partial charge in [0.2, 0.25) is 0 Å². The number of aliphatic hydroxyl groups excluding tert-OH is 1. The van der Waals surface area contributed by atoms with Crippen molar-refractivity contribution in [3.8, 4) is 0 Å². The van der Waals surface area contributed by atoms with Gasteiger partial charge in [-0.15, -0.1) is 11.3 Å². The van der Waals surface area contributed by atoms with Crippen LogP contribution in [0, 0.1) is 12.8 Å². The van der Waals surface area contributed by atoms with Crippen molar-refractivity contribution in [1.29, 1.82) is 0 Å². The first kappa shape index (κ1) is 16.0. The van der Waals surface area contributed by atoms with Crippen molar-refractivity contribution in [2.45, 2.75) is 13.3 Å². The van der Waals surface area contributed by atoms with E-state index in [4.69, 9.17) is 0 Å². The summed E-state index contributed by atoms with van der Waals surface area (Å²) in [5.41, 5.74) is 2.35. The number of aliphatic hydroxyl groups is 1. The minimum absolute atomic E-state index is 0.00932. The summed E-state index contributed by atoms with van der Waals surface area (Å²) in [7, 11) is 0. The summed E-state index contributed by atoms with van der Waals surface area (Å²) < 4.78 is 0. The number of anilines is 1. The SMILES string of the molecule is Cc1c(C(=O)N2CC(CO)Cc3ccccc32)sc2nc[nH]c(=O)c12. The summed E-state index contributed by atoms with van der Waals surface area (Å²) in [6.07, 6.45) is 2.11. The van der Waals surface area contributed by atoms with Crippen LogP contribution >= 0.6 is 11.3 Å². The molecule has 1 atom stereocenters. The van der Waals surface area contributed by atoms with E-state index in [1.165, 1.54) is 17.7 Å². The van der Waals surface area contributed by atoms with E-state index in [0.29, 0.717) is 27.2 Å². The molecule has 0 fully saturated rings. The van der Waals surface area contributed by atoms with E-state index in [-0.39, 0.29) is 24.0 Å². The molecule has 7 heteroatoms. The van der Waals surface area contributed by atoms with Crippen molar-refractivity contribution in [3.63, 3.8) is 0 Å². The number of para-hydroxylation sites is 1. The fraction of sp³-hybridized carbons (Fsp3) is 0.278. The number of nitrogens with zero attached hydrogens (tertiary/aromatic N) is 2. The van der Waals surface area contributed by atoms with Gasteiger partial charge in [-0.3, -0.25) is 9.59 Å². The van der Waals surface area contributed by atoms with Crippen LogP contribution in [0.4, 0.5) is 5.69 Å². The Morgan fingerprint density at radius 1 is 1.44 bits per heavy atom. The zero-order valence-corrected chi connectivity index (χ0v) is 14.5. The van der Waals surface area contributed by atoms with Gasteiger partial charge in [0.1, 0.15) is 4.83 Å². The van der Waals surface area contributed by atoms with Crippen molar-refractivity contribution >= 4 is 33.1 Å². The molecular weight excluding hydrogens is 338 g/mol. The van der Waals surface area contributed by atoms with Crippen molar-refractivity contribution in [2.24, 2.45) is 5.92 Å². The predicted octanol–water partition coefficient (Wildman–Crippen LogP) is 2.10. The maximum Gasteiger partial charge on any atom is 0.268 e. The van der Waals surface area contributed by atoms with Gasteiger partial charge in [-0.1, -0.05) is 18.2 Å². The quantitative estimate of drug-likeness (QED) is 0.737. The van der Waals surface area contributed by atoms with Crippen LogP contribution in [0.15, 0.2) is 35.4 Å². The molecule has 0 saturated heterocycles. The number of thiophene rings is 1. The molecule has 3 heterocycles.